The van der Waals surface area contributed by atoms with Gasteiger partial charge >= 0.3 is 0 Å². The summed E-state index contributed by atoms with van der Waals surface area (Å²) in [6, 6.07) is 2.25. The van der Waals surface area contributed by atoms with Crippen LogP contribution in [0.5, 0.6) is 0 Å². The fourth-order valence-electron chi connectivity index (χ4n) is 1.54. The molecule has 1 aliphatic rings. The molecule has 1 N–H and O–H groups in total. The summed E-state index contributed by atoms with van der Waals surface area (Å²) in [5.41, 5.74) is 0. The Bertz CT molecular complexity index is 304. The van der Waals surface area contributed by atoms with E-state index in [9.17, 15) is 0 Å². The summed E-state index contributed by atoms with van der Waals surface area (Å²) in [7, 11) is 0. The molecule has 2 atom stereocenters. The molecule has 1 aromatic rings. The van der Waals surface area contributed by atoms with Gasteiger partial charge < -0.3 is 5.32 Å². The molecule has 0 aliphatic carbocycles. The van der Waals surface area contributed by atoms with Gasteiger partial charge in [0, 0.05) is 19.5 Å². The van der Waals surface area contributed by atoms with Crippen molar-refractivity contribution < 1.29 is 0 Å². The van der Waals surface area contributed by atoms with Crippen LogP contribution in [-0.2, 0) is 0 Å². The molecule has 1 aromatic heterocycles. The topological polar surface area (TPSA) is 12.0 Å². The van der Waals surface area contributed by atoms with E-state index >= 15 is 0 Å². The molecule has 0 bridgehead atoms. The third-order valence-electron chi connectivity index (χ3n) is 2.38. The average Bonchev–Trinajstić information content (AvgIpc) is 2.47. The van der Waals surface area contributed by atoms with Gasteiger partial charge in [-0.1, -0.05) is 6.92 Å². The molecule has 0 amide bonds. The van der Waals surface area contributed by atoms with E-state index in [4.69, 9.17) is 0 Å². The van der Waals surface area contributed by atoms with Gasteiger partial charge in [-0.15, -0.1) is 23.1 Å². The Balaban J connectivity index is 2.14. The molecular weight excluding hydrogens is 278 g/mol. The lowest BCUT2D eigenvalue weighted by atomic mass is 10.3. The third-order valence-corrected chi connectivity index (χ3v) is 6.13. The lowest BCUT2D eigenvalue weighted by molar-refractivity contribution is 0.610. The van der Waals surface area contributed by atoms with E-state index in [0.717, 1.165) is 11.8 Å². The average molecular weight is 292 g/mol. The summed E-state index contributed by atoms with van der Waals surface area (Å²) in [5, 5.41) is 4.85. The second kappa shape index (κ2) is 4.56. The van der Waals surface area contributed by atoms with Crippen molar-refractivity contribution in [2.75, 3.05) is 6.54 Å². The van der Waals surface area contributed by atoms with Gasteiger partial charge in [0.15, 0.2) is 0 Å². The van der Waals surface area contributed by atoms with Crippen molar-refractivity contribution in [2.45, 2.75) is 30.9 Å². The first-order chi connectivity index (χ1) is 6.66. The molecule has 1 saturated heterocycles. The largest absolute Gasteiger partial charge is 0.301 e. The standard InChI is InChI=1S/C10H14BrNS2/c1-6-3-4-12-10(13-6)9-5-8(11)7(2)14-9/h5-6,10,12H,3-4H2,1-2H3. The SMILES string of the molecule is Cc1sc(C2NCCC(C)S2)cc1Br. The van der Waals surface area contributed by atoms with E-state index in [2.05, 4.69) is 41.2 Å². The molecule has 2 heterocycles. The van der Waals surface area contributed by atoms with Crippen molar-refractivity contribution in [1.29, 1.82) is 0 Å². The zero-order valence-electron chi connectivity index (χ0n) is 8.34. The maximum atomic E-state index is 3.57. The number of hydrogen-bond donors (Lipinski definition) is 1. The van der Waals surface area contributed by atoms with Gasteiger partial charge in [-0.25, -0.2) is 0 Å². The number of aryl methyl sites for hydroxylation is 1. The molecule has 0 spiro atoms. The normalized spacial score (nSPS) is 27.9. The summed E-state index contributed by atoms with van der Waals surface area (Å²) in [6.45, 7) is 5.62. The van der Waals surface area contributed by atoms with E-state index in [1.807, 2.05) is 23.1 Å². The maximum Gasteiger partial charge on any atom is 0.0885 e. The zero-order chi connectivity index (χ0) is 10.1. The number of hydrogen-bond acceptors (Lipinski definition) is 3. The van der Waals surface area contributed by atoms with Crippen LogP contribution < -0.4 is 5.32 Å². The minimum atomic E-state index is 0.508. The number of thiophene rings is 1. The first-order valence-electron chi connectivity index (χ1n) is 4.81. The maximum absolute atomic E-state index is 3.57. The molecule has 0 aromatic carbocycles. The van der Waals surface area contributed by atoms with Crippen LogP contribution in [-0.4, -0.2) is 11.8 Å². The predicted molar refractivity (Wildman–Crippen MR) is 69.2 cm³/mol. The molecule has 1 fully saturated rings. The van der Waals surface area contributed by atoms with Gasteiger partial charge in [-0.3, -0.25) is 0 Å². The molecule has 0 radical (unpaired) electrons. The Morgan fingerprint density at radius 3 is 2.93 bits per heavy atom. The van der Waals surface area contributed by atoms with Crippen LogP contribution >= 0.6 is 39.0 Å². The summed E-state index contributed by atoms with van der Waals surface area (Å²) in [5.74, 6) is 0. The van der Waals surface area contributed by atoms with Crippen molar-refractivity contribution >= 4 is 39.0 Å². The molecule has 4 heteroatoms. The number of rotatable bonds is 1. The highest BCUT2D eigenvalue weighted by atomic mass is 79.9. The van der Waals surface area contributed by atoms with Crippen LogP contribution in [0.1, 0.15) is 28.5 Å². The van der Waals surface area contributed by atoms with Gasteiger partial charge in [0.1, 0.15) is 0 Å². The highest BCUT2D eigenvalue weighted by molar-refractivity contribution is 9.10. The number of thioether (sulfide) groups is 1. The molecule has 0 saturated carbocycles. The van der Waals surface area contributed by atoms with E-state index < -0.39 is 0 Å². The molecular formula is C10H14BrNS2. The van der Waals surface area contributed by atoms with Crippen LogP contribution in [0.4, 0.5) is 0 Å². The van der Waals surface area contributed by atoms with Gasteiger partial charge in [-0.05, 0) is 41.9 Å². The van der Waals surface area contributed by atoms with Gasteiger partial charge in [-0.2, -0.15) is 0 Å². The fourth-order valence-corrected chi connectivity index (χ4v) is 4.51. The summed E-state index contributed by atoms with van der Waals surface area (Å²) < 4.78 is 1.25. The van der Waals surface area contributed by atoms with E-state index in [1.54, 1.807) is 0 Å². The molecule has 2 rings (SSSR count). The van der Waals surface area contributed by atoms with Crippen molar-refractivity contribution in [3.8, 4) is 0 Å². The Hall–Kier alpha value is 0.490. The Labute approximate surface area is 102 Å². The highest BCUT2D eigenvalue weighted by Gasteiger charge is 2.22. The van der Waals surface area contributed by atoms with Gasteiger partial charge in [0.2, 0.25) is 0 Å². The van der Waals surface area contributed by atoms with Crippen molar-refractivity contribution in [3.63, 3.8) is 0 Å². The lowest BCUT2D eigenvalue weighted by Gasteiger charge is -2.26. The van der Waals surface area contributed by atoms with Crippen LogP contribution in [0.2, 0.25) is 0 Å². The van der Waals surface area contributed by atoms with Crippen LogP contribution in [0.15, 0.2) is 10.5 Å². The summed E-state index contributed by atoms with van der Waals surface area (Å²) in [6.07, 6.45) is 1.28. The first-order valence-corrected chi connectivity index (χ1v) is 7.36. The second-order valence-electron chi connectivity index (χ2n) is 3.62. The summed E-state index contributed by atoms with van der Waals surface area (Å²) >= 11 is 7.50. The van der Waals surface area contributed by atoms with Crippen molar-refractivity contribution in [1.82, 2.24) is 5.32 Å². The molecule has 1 aliphatic heterocycles. The number of halogens is 1. The van der Waals surface area contributed by atoms with Crippen LogP contribution in [0.3, 0.4) is 0 Å². The quantitative estimate of drug-likeness (QED) is 0.841. The highest BCUT2D eigenvalue weighted by Crippen LogP contribution is 2.39. The Morgan fingerprint density at radius 2 is 2.36 bits per heavy atom. The minimum absolute atomic E-state index is 0.508. The monoisotopic (exact) mass is 291 g/mol. The first kappa shape index (κ1) is 11.0. The third kappa shape index (κ3) is 2.35. The second-order valence-corrected chi connectivity index (χ2v) is 7.31. The lowest BCUT2D eigenvalue weighted by Crippen LogP contribution is -2.28. The van der Waals surface area contributed by atoms with E-state index in [-0.39, 0.29) is 0 Å². The minimum Gasteiger partial charge on any atom is -0.301 e. The summed E-state index contributed by atoms with van der Waals surface area (Å²) in [4.78, 5) is 2.83. The van der Waals surface area contributed by atoms with Crippen LogP contribution in [0.25, 0.3) is 0 Å². The van der Waals surface area contributed by atoms with E-state index in [1.165, 1.54) is 20.6 Å². The van der Waals surface area contributed by atoms with Crippen LogP contribution in [0, 0.1) is 6.92 Å². The molecule has 78 valence electrons. The van der Waals surface area contributed by atoms with Crippen molar-refractivity contribution in [3.05, 3.63) is 20.3 Å². The van der Waals surface area contributed by atoms with Gasteiger partial charge in [0.05, 0.1) is 5.37 Å². The Kier molecular flexibility index (Phi) is 3.58. The fraction of sp³-hybridized carbons (Fsp3) is 0.600. The van der Waals surface area contributed by atoms with E-state index in [0.29, 0.717) is 5.37 Å². The Morgan fingerprint density at radius 1 is 1.57 bits per heavy atom. The molecule has 1 nitrogen and oxygen atoms in total. The number of nitrogens with one attached hydrogen (secondary N) is 1. The molecule has 14 heavy (non-hydrogen) atoms. The zero-order valence-corrected chi connectivity index (χ0v) is 11.6. The van der Waals surface area contributed by atoms with Gasteiger partial charge in [0.25, 0.3) is 0 Å². The predicted octanol–water partition coefficient (Wildman–Crippen LogP) is 3.93. The smallest absolute Gasteiger partial charge is 0.0885 e. The van der Waals surface area contributed by atoms with Crippen molar-refractivity contribution in [2.24, 2.45) is 0 Å². The molecule has 2 unspecified atom stereocenters.